The van der Waals surface area contributed by atoms with Crippen LogP contribution in [0.2, 0.25) is 0 Å². The second-order valence-corrected chi connectivity index (χ2v) is 7.27. The van der Waals surface area contributed by atoms with Crippen LogP contribution in [-0.2, 0) is 12.4 Å². The van der Waals surface area contributed by atoms with E-state index in [0.717, 1.165) is 0 Å². The van der Waals surface area contributed by atoms with Gasteiger partial charge in [0, 0.05) is 10.0 Å². The van der Waals surface area contributed by atoms with Crippen LogP contribution in [0.4, 0.5) is 26.3 Å². The van der Waals surface area contributed by atoms with Crippen LogP contribution in [0.1, 0.15) is 11.4 Å². The van der Waals surface area contributed by atoms with E-state index in [-0.39, 0.29) is 15.8 Å². The molecule has 0 aliphatic carbocycles. The van der Waals surface area contributed by atoms with Gasteiger partial charge in [-0.05, 0) is 23.8 Å². The Morgan fingerprint density at radius 3 is 1.97 bits per heavy atom. The van der Waals surface area contributed by atoms with E-state index < -0.39 is 35.0 Å². The molecule has 4 aromatic rings. The summed E-state index contributed by atoms with van der Waals surface area (Å²) >= 11 is 3.23. The molecule has 0 amide bonds. The molecule has 0 atom stereocenters. The van der Waals surface area contributed by atoms with Gasteiger partial charge in [0.05, 0.1) is 11.3 Å². The highest BCUT2D eigenvalue weighted by molar-refractivity contribution is 9.10. The van der Waals surface area contributed by atoms with Crippen molar-refractivity contribution in [2.24, 2.45) is 0 Å². The fourth-order valence-corrected chi connectivity index (χ4v) is 3.32. The predicted molar refractivity (Wildman–Crippen MR) is 102 cm³/mol. The van der Waals surface area contributed by atoms with Gasteiger partial charge in [-0.3, -0.25) is 0 Å². The summed E-state index contributed by atoms with van der Waals surface area (Å²) in [5.41, 5.74) is -3.55. The number of hydrogen-bond donors (Lipinski definition) is 0. The molecule has 2 heterocycles. The van der Waals surface area contributed by atoms with E-state index >= 15 is 0 Å². The lowest BCUT2D eigenvalue weighted by atomic mass is 10.1. The number of benzene rings is 2. The molecule has 0 aliphatic heterocycles. The van der Waals surface area contributed by atoms with Crippen molar-refractivity contribution in [2.75, 3.05) is 0 Å². The summed E-state index contributed by atoms with van der Waals surface area (Å²) in [7, 11) is 0. The van der Waals surface area contributed by atoms with Gasteiger partial charge in [-0.2, -0.15) is 31.4 Å². The van der Waals surface area contributed by atoms with E-state index in [1.165, 1.54) is 36.4 Å². The number of fused-ring (bicyclic) bond motifs is 1. The van der Waals surface area contributed by atoms with Crippen molar-refractivity contribution in [2.45, 2.75) is 12.4 Å². The monoisotopic (exact) mass is 485 g/mol. The zero-order valence-corrected chi connectivity index (χ0v) is 16.3. The van der Waals surface area contributed by atoms with E-state index in [0.29, 0.717) is 16.1 Å². The van der Waals surface area contributed by atoms with Gasteiger partial charge in [0.2, 0.25) is 0 Å². The average molecular weight is 486 g/mol. The molecule has 0 spiro atoms. The van der Waals surface area contributed by atoms with Crippen LogP contribution < -0.4 is 0 Å². The summed E-state index contributed by atoms with van der Waals surface area (Å²) in [6, 6.07) is 14.2. The second-order valence-electron chi connectivity index (χ2n) is 6.35. The number of nitrogens with zero attached hydrogens (tertiary/aromatic N) is 3. The largest absolute Gasteiger partial charge is 0.435 e. The first-order valence-electron chi connectivity index (χ1n) is 8.45. The third-order valence-corrected chi connectivity index (χ3v) is 4.88. The highest BCUT2D eigenvalue weighted by atomic mass is 79.9. The average Bonchev–Trinajstić information content (AvgIpc) is 3.07. The molecular formula is C20H10BrF6N3. The Balaban J connectivity index is 2.13. The van der Waals surface area contributed by atoms with Gasteiger partial charge in [-0.1, -0.05) is 58.4 Å². The third-order valence-electron chi connectivity index (χ3n) is 4.35. The summed E-state index contributed by atoms with van der Waals surface area (Å²) in [5.74, 6) is 0. The lowest BCUT2D eigenvalue weighted by Crippen LogP contribution is -2.14. The fraction of sp³-hybridized carbons (Fsp3) is 0.100. The molecule has 0 radical (unpaired) electrons. The second kappa shape index (κ2) is 7.12. The molecule has 2 aromatic carbocycles. The Morgan fingerprint density at radius 2 is 1.40 bits per heavy atom. The maximum absolute atomic E-state index is 13.7. The molecule has 0 aliphatic rings. The SMILES string of the molecule is FC(F)(F)c1nn2c(C(F)(F)F)cc(-c3ccc(Br)cc3)nc2c1-c1ccccc1. The van der Waals surface area contributed by atoms with Crippen molar-refractivity contribution < 1.29 is 26.3 Å². The van der Waals surface area contributed by atoms with E-state index in [9.17, 15) is 26.3 Å². The zero-order valence-electron chi connectivity index (χ0n) is 14.8. The Morgan fingerprint density at radius 1 is 0.767 bits per heavy atom. The van der Waals surface area contributed by atoms with E-state index in [2.05, 4.69) is 26.0 Å². The van der Waals surface area contributed by atoms with Crippen LogP contribution in [0.15, 0.2) is 65.1 Å². The molecule has 0 saturated heterocycles. The van der Waals surface area contributed by atoms with Gasteiger partial charge in [-0.25, -0.2) is 9.50 Å². The smallest absolute Gasteiger partial charge is 0.228 e. The van der Waals surface area contributed by atoms with Gasteiger partial charge in [-0.15, -0.1) is 0 Å². The van der Waals surface area contributed by atoms with Crippen LogP contribution in [0.5, 0.6) is 0 Å². The number of hydrogen-bond acceptors (Lipinski definition) is 2. The van der Waals surface area contributed by atoms with Crippen molar-refractivity contribution in [3.63, 3.8) is 0 Å². The summed E-state index contributed by atoms with van der Waals surface area (Å²) in [6.07, 6.45) is -9.92. The summed E-state index contributed by atoms with van der Waals surface area (Å²) in [4.78, 5) is 4.14. The number of aromatic nitrogens is 3. The molecule has 30 heavy (non-hydrogen) atoms. The Hall–Kier alpha value is -2.88. The summed E-state index contributed by atoms with van der Waals surface area (Å²) < 4.78 is 83.2. The number of alkyl halides is 6. The standard InChI is InChI=1S/C20H10BrF6N3/c21-13-8-6-11(7-9-13)14-10-15(19(22,23)24)30-18(28-14)16(12-4-2-1-3-5-12)17(29-30)20(25,26)27/h1-10H. The van der Waals surface area contributed by atoms with Crippen LogP contribution in [0.25, 0.3) is 28.0 Å². The molecule has 2 aromatic heterocycles. The first kappa shape index (κ1) is 20.4. The molecule has 0 fully saturated rings. The summed E-state index contributed by atoms with van der Waals surface area (Å²) in [6.45, 7) is 0. The highest BCUT2D eigenvalue weighted by Crippen LogP contribution is 2.41. The summed E-state index contributed by atoms with van der Waals surface area (Å²) in [5, 5.41) is 3.28. The minimum Gasteiger partial charge on any atom is -0.228 e. The Kier molecular flexibility index (Phi) is 4.84. The molecule has 10 heteroatoms. The molecule has 4 rings (SSSR count). The van der Waals surface area contributed by atoms with Gasteiger partial charge >= 0.3 is 12.4 Å². The lowest BCUT2D eigenvalue weighted by molar-refractivity contribution is -0.146. The van der Waals surface area contributed by atoms with Crippen LogP contribution in [0.3, 0.4) is 0 Å². The Bertz CT molecular complexity index is 1210. The first-order chi connectivity index (χ1) is 14.1. The van der Waals surface area contributed by atoms with Crippen LogP contribution in [0, 0.1) is 0 Å². The van der Waals surface area contributed by atoms with Gasteiger partial charge in [0.15, 0.2) is 17.0 Å². The first-order valence-corrected chi connectivity index (χ1v) is 9.24. The third kappa shape index (κ3) is 3.67. The topological polar surface area (TPSA) is 30.2 Å². The van der Waals surface area contributed by atoms with Crippen molar-refractivity contribution >= 4 is 21.6 Å². The number of halogens is 7. The van der Waals surface area contributed by atoms with E-state index in [4.69, 9.17) is 0 Å². The van der Waals surface area contributed by atoms with Crippen molar-refractivity contribution in [3.05, 3.63) is 76.5 Å². The minimum atomic E-state index is -4.97. The van der Waals surface area contributed by atoms with Crippen LogP contribution >= 0.6 is 15.9 Å². The zero-order chi connectivity index (χ0) is 21.7. The van der Waals surface area contributed by atoms with Gasteiger partial charge in [0.25, 0.3) is 0 Å². The maximum Gasteiger partial charge on any atom is 0.435 e. The minimum absolute atomic E-state index is 0.0633. The fourth-order valence-electron chi connectivity index (χ4n) is 3.06. The van der Waals surface area contributed by atoms with E-state index in [1.807, 2.05) is 0 Å². The molecule has 154 valence electrons. The van der Waals surface area contributed by atoms with Crippen LogP contribution in [-0.4, -0.2) is 14.6 Å². The molecule has 0 unspecified atom stereocenters. The van der Waals surface area contributed by atoms with Gasteiger partial charge < -0.3 is 0 Å². The van der Waals surface area contributed by atoms with Crippen molar-refractivity contribution in [1.82, 2.24) is 14.6 Å². The number of rotatable bonds is 2. The molecule has 0 N–H and O–H groups in total. The molecular weight excluding hydrogens is 476 g/mol. The van der Waals surface area contributed by atoms with E-state index in [1.54, 1.807) is 18.2 Å². The van der Waals surface area contributed by atoms with Gasteiger partial charge in [0.1, 0.15) is 0 Å². The Labute approximate surface area is 174 Å². The predicted octanol–water partition coefficient (Wildman–Crippen LogP) is 6.86. The van der Waals surface area contributed by atoms with Crippen molar-refractivity contribution in [3.8, 4) is 22.4 Å². The van der Waals surface area contributed by atoms with Crippen molar-refractivity contribution in [1.29, 1.82) is 0 Å². The quantitative estimate of drug-likeness (QED) is 0.290. The molecule has 0 bridgehead atoms. The maximum atomic E-state index is 13.7. The molecule has 3 nitrogen and oxygen atoms in total. The lowest BCUT2D eigenvalue weighted by Gasteiger charge is -2.11. The molecule has 0 saturated carbocycles. The normalized spacial score (nSPS) is 12.5. The highest BCUT2D eigenvalue weighted by Gasteiger charge is 2.42.